The number of rotatable bonds is 1. The van der Waals surface area contributed by atoms with Gasteiger partial charge in [0.25, 0.3) is 5.56 Å². The molecule has 0 bridgehead atoms. The van der Waals surface area contributed by atoms with Crippen LogP contribution in [0.1, 0.15) is 0 Å². The number of hydrogen-bond acceptors (Lipinski definition) is 6. The molecule has 4 rings (SSSR count). The van der Waals surface area contributed by atoms with E-state index in [-0.39, 0.29) is 62.8 Å². The molecule has 92 valence electrons. The predicted octanol–water partition coefficient (Wildman–Crippen LogP) is -1.91. The maximum atomic E-state index is 12.5. The molecule has 0 amide bonds. The minimum atomic E-state index is -0.191. The zero-order valence-electron chi connectivity index (χ0n) is 10.4. The summed E-state index contributed by atoms with van der Waals surface area (Å²) in [7, 11) is 0. The second-order valence-electron chi connectivity index (χ2n) is 3.90. The van der Waals surface area contributed by atoms with Gasteiger partial charge in [-0.15, -0.1) is 10.2 Å². The molecule has 0 aliphatic heterocycles. The van der Waals surface area contributed by atoms with Gasteiger partial charge in [-0.25, -0.2) is 4.98 Å². The molecular weight excluding hydrogens is 303 g/mol. The monoisotopic (exact) mass is 309 g/mol. The first kappa shape index (κ1) is 14.0. The van der Waals surface area contributed by atoms with Crippen LogP contribution in [0.5, 0.6) is 0 Å². The zero-order valence-corrected chi connectivity index (χ0v) is 14.4. The van der Waals surface area contributed by atoms with E-state index >= 15 is 0 Å². The van der Waals surface area contributed by atoms with Crippen molar-refractivity contribution in [1.29, 1.82) is 0 Å². The summed E-state index contributed by atoms with van der Waals surface area (Å²) in [5.74, 6) is 0.252. The number of thiazole rings is 1. The van der Waals surface area contributed by atoms with E-state index in [4.69, 9.17) is 0 Å². The van der Waals surface area contributed by atoms with Crippen molar-refractivity contribution in [3.05, 3.63) is 40.8 Å². The standard InChI is InChI=1S/C11H6N6OS.K/c18-10-6(9-13-15-16-14-9)5-12-11-17(10)7-3-1-2-4-8(7)19-11;/h1-5H,(H,13,14,15,16);/q;+1. The Morgan fingerprint density at radius 2 is 2.10 bits per heavy atom. The van der Waals surface area contributed by atoms with Gasteiger partial charge in [0.15, 0.2) is 4.96 Å². The average molecular weight is 309 g/mol. The van der Waals surface area contributed by atoms with E-state index in [9.17, 15) is 4.79 Å². The van der Waals surface area contributed by atoms with E-state index in [0.717, 1.165) is 10.2 Å². The van der Waals surface area contributed by atoms with Crippen LogP contribution in [0.25, 0.3) is 26.6 Å². The predicted molar refractivity (Wildman–Crippen MR) is 70.0 cm³/mol. The third-order valence-corrected chi connectivity index (χ3v) is 3.86. The van der Waals surface area contributed by atoms with E-state index in [1.807, 2.05) is 24.3 Å². The van der Waals surface area contributed by atoms with E-state index in [2.05, 4.69) is 25.6 Å². The fourth-order valence-electron chi connectivity index (χ4n) is 1.98. The number of tetrazole rings is 1. The number of nitrogens with one attached hydrogen (secondary N) is 1. The molecule has 3 aromatic heterocycles. The van der Waals surface area contributed by atoms with Crippen molar-refractivity contribution in [3.63, 3.8) is 0 Å². The molecule has 9 heteroatoms. The molecular formula is C11H6KN6OS+. The van der Waals surface area contributed by atoms with Gasteiger partial charge >= 0.3 is 51.4 Å². The molecule has 20 heavy (non-hydrogen) atoms. The zero-order chi connectivity index (χ0) is 12.8. The van der Waals surface area contributed by atoms with Crippen molar-refractivity contribution in [2.75, 3.05) is 0 Å². The number of benzene rings is 1. The Balaban J connectivity index is 0.00000121. The fourth-order valence-corrected chi connectivity index (χ4v) is 2.97. The van der Waals surface area contributed by atoms with Gasteiger partial charge in [0.2, 0.25) is 5.82 Å². The number of nitrogens with zero attached hydrogens (tertiary/aromatic N) is 5. The first-order valence-corrected chi connectivity index (χ1v) is 6.29. The quantitative estimate of drug-likeness (QED) is 0.415. The Kier molecular flexibility index (Phi) is 3.80. The average Bonchev–Trinajstić information content (AvgIpc) is 3.05. The van der Waals surface area contributed by atoms with Crippen molar-refractivity contribution in [3.8, 4) is 11.4 Å². The first-order valence-electron chi connectivity index (χ1n) is 5.48. The third-order valence-electron chi connectivity index (χ3n) is 2.82. The van der Waals surface area contributed by atoms with Gasteiger partial charge in [0.1, 0.15) is 5.56 Å². The molecule has 4 aromatic rings. The number of aromatic nitrogens is 6. The Bertz CT molecular complexity index is 945. The summed E-state index contributed by atoms with van der Waals surface area (Å²) >= 11 is 1.47. The summed E-state index contributed by atoms with van der Waals surface area (Å²) in [4.78, 5) is 17.5. The number of para-hydroxylation sites is 1. The van der Waals surface area contributed by atoms with Crippen molar-refractivity contribution in [2.24, 2.45) is 0 Å². The maximum Gasteiger partial charge on any atom is 1.00 e. The Morgan fingerprint density at radius 1 is 1.25 bits per heavy atom. The first-order chi connectivity index (χ1) is 9.34. The minimum Gasteiger partial charge on any atom is -0.268 e. The molecule has 1 aromatic carbocycles. The minimum absolute atomic E-state index is 0. The molecule has 0 atom stereocenters. The number of H-pyrrole nitrogens is 1. The Hall–Kier alpha value is -0.974. The van der Waals surface area contributed by atoms with Crippen LogP contribution in [-0.4, -0.2) is 30.0 Å². The molecule has 0 spiro atoms. The SMILES string of the molecule is O=c1c(-c2nn[nH]n2)cnc2sc3ccccc3n12.[K+]. The van der Waals surface area contributed by atoms with E-state index in [0.29, 0.717) is 10.5 Å². The van der Waals surface area contributed by atoms with Crippen LogP contribution in [0.15, 0.2) is 35.3 Å². The van der Waals surface area contributed by atoms with Crippen LogP contribution < -0.4 is 56.9 Å². The Labute approximate surface area is 158 Å². The van der Waals surface area contributed by atoms with E-state index < -0.39 is 0 Å². The van der Waals surface area contributed by atoms with Gasteiger partial charge in [-0.1, -0.05) is 23.5 Å². The largest absolute Gasteiger partial charge is 1.00 e. The molecule has 0 aliphatic carbocycles. The molecule has 0 unspecified atom stereocenters. The maximum absolute atomic E-state index is 12.5. The van der Waals surface area contributed by atoms with Crippen LogP contribution >= 0.6 is 11.3 Å². The summed E-state index contributed by atoms with van der Waals surface area (Å²) in [6.45, 7) is 0. The molecule has 0 radical (unpaired) electrons. The summed E-state index contributed by atoms with van der Waals surface area (Å²) in [5.41, 5.74) is 0.976. The third kappa shape index (κ3) is 2.06. The molecule has 0 saturated heterocycles. The van der Waals surface area contributed by atoms with Gasteiger partial charge < -0.3 is 0 Å². The Morgan fingerprint density at radius 3 is 2.90 bits per heavy atom. The van der Waals surface area contributed by atoms with Gasteiger partial charge in [-0.2, -0.15) is 5.21 Å². The fraction of sp³-hybridized carbons (Fsp3) is 0. The van der Waals surface area contributed by atoms with Crippen molar-refractivity contribution in [1.82, 2.24) is 30.0 Å². The molecule has 3 heterocycles. The van der Waals surface area contributed by atoms with Crippen LogP contribution in [-0.2, 0) is 0 Å². The van der Waals surface area contributed by atoms with E-state index in [1.165, 1.54) is 17.5 Å². The molecule has 1 N–H and O–H groups in total. The second-order valence-corrected chi connectivity index (χ2v) is 4.91. The van der Waals surface area contributed by atoms with Crippen LogP contribution in [0.4, 0.5) is 0 Å². The molecule has 0 saturated carbocycles. The topological polar surface area (TPSA) is 88.8 Å². The molecule has 0 aliphatic rings. The molecule has 7 nitrogen and oxygen atoms in total. The van der Waals surface area contributed by atoms with Crippen molar-refractivity contribution in [2.45, 2.75) is 0 Å². The summed E-state index contributed by atoms with van der Waals surface area (Å²) < 4.78 is 2.59. The van der Waals surface area contributed by atoms with Gasteiger partial charge in [-0.3, -0.25) is 9.20 Å². The summed E-state index contributed by atoms with van der Waals surface area (Å²) in [6.07, 6.45) is 1.48. The number of hydrogen-bond donors (Lipinski definition) is 1. The van der Waals surface area contributed by atoms with Gasteiger partial charge in [0, 0.05) is 6.20 Å². The summed E-state index contributed by atoms with van der Waals surface area (Å²) in [6, 6.07) is 7.68. The van der Waals surface area contributed by atoms with Crippen LogP contribution in [0, 0.1) is 0 Å². The van der Waals surface area contributed by atoms with Crippen molar-refractivity contribution < 1.29 is 51.4 Å². The number of fused-ring (bicyclic) bond motifs is 3. The summed E-state index contributed by atoms with van der Waals surface area (Å²) in [5, 5.41) is 13.4. The van der Waals surface area contributed by atoms with Crippen LogP contribution in [0.2, 0.25) is 0 Å². The van der Waals surface area contributed by atoms with Crippen LogP contribution in [0.3, 0.4) is 0 Å². The normalized spacial score (nSPS) is 10.8. The second kappa shape index (κ2) is 5.43. The van der Waals surface area contributed by atoms with E-state index in [1.54, 1.807) is 4.40 Å². The smallest absolute Gasteiger partial charge is 0.268 e. The van der Waals surface area contributed by atoms with Gasteiger partial charge in [-0.05, 0) is 17.3 Å². The number of aromatic amines is 1. The van der Waals surface area contributed by atoms with Gasteiger partial charge in [0.05, 0.1) is 10.2 Å². The molecule has 0 fully saturated rings. The van der Waals surface area contributed by atoms with Crippen molar-refractivity contribution >= 4 is 26.5 Å².